The van der Waals surface area contributed by atoms with Gasteiger partial charge in [0.2, 0.25) is 5.91 Å². The molecular formula is C13H25N3O3. The van der Waals surface area contributed by atoms with Crippen LogP contribution in [-0.4, -0.2) is 59.6 Å². The SMILES string of the molecule is CC(CC(N)=O)N1CCN(C(=O)OC(C)(C)C)CC1. The summed E-state index contributed by atoms with van der Waals surface area (Å²) in [6.07, 6.45) is 0.0848. The number of primary amides is 1. The number of carbonyl (C=O) groups excluding carboxylic acids is 2. The molecule has 1 heterocycles. The van der Waals surface area contributed by atoms with Crippen LogP contribution in [0.5, 0.6) is 0 Å². The van der Waals surface area contributed by atoms with Crippen LogP contribution in [0.2, 0.25) is 0 Å². The van der Waals surface area contributed by atoms with E-state index in [1.807, 2.05) is 27.7 Å². The summed E-state index contributed by atoms with van der Waals surface area (Å²) < 4.78 is 5.33. The molecule has 1 saturated heterocycles. The predicted molar refractivity (Wildman–Crippen MR) is 72.7 cm³/mol. The highest BCUT2D eigenvalue weighted by Gasteiger charge is 2.27. The van der Waals surface area contributed by atoms with Gasteiger partial charge in [-0.1, -0.05) is 0 Å². The molecule has 1 unspecified atom stereocenters. The Bertz CT molecular complexity index is 331. The van der Waals surface area contributed by atoms with Gasteiger partial charge in [0, 0.05) is 38.6 Å². The van der Waals surface area contributed by atoms with Gasteiger partial charge in [0.05, 0.1) is 0 Å². The van der Waals surface area contributed by atoms with Gasteiger partial charge in [-0.3, -0.25) is 9.69 Å². The van der Waals surface area contributed by atoms with Gasteiger partial charge in [-0.25, -0.2) is 4.79 Å². The van der Waals surface area contributed by atoms with Crippen molar-refractivity contribution in [1.82, 2.24) is 9.80 Å². The van der Waals surface area contributed by atoms with Gasteiger partial charge in [-0.05, 0) is 27.7 Å². The highest BCUT2D eigenvalue weighted by atomic mass is 16.6. The molecule has 110 valence electrons. The van der Waals surface area contributed by atoms with Crippen LogP contribution < -0.4 is 5.73 Å². The molecule has 2 N–H and O–H groups in total. The van der Waals surface area contributed by atoms with E-state index in [0.29, 0.717) is 19.5 Å². The van der Waals surface area contributed by atoms with Crippen LogP contribution in [0.15, 0.2) is 0 Å². The van der Waals surface area contributed by atoms with Gasteiger partial charge in [0.15, 0.2) is 0 Å². The van der Waals surface area contributed by atoms with Crippen LogP contribution in [-0.2, 0) is 9.53 Å². The van der Waals surface area contributed by atoms with E-state index < -0.39 is 5.60 Å². The normalized spacial score (nSPS) is 19.1. The van der Waals surface area contributed by atoms with E-state index in [-0.39, 0.29) is 18.0 Å². The van der Waals surface area contributed by atoms with Crippen molar-refractivity contribution in [3.05, 3.63) is 0 Å². The molecule has 1 rings (SSSR count). The number of nitrogens with zero attached hydrogens (tertiary/aromatic N) is 2. The summed E-state index contributed by atoms with van der Waals surface area (Å²) in [6, 6.07) is 0.123. The minimum atomic E-state index is -0.465. The first kappa shape index (κ1) is 15.8. The Kier molecular flexibility index (Phi) is 5.17. The van der Waals surface area contributed by atoms with Crippen molar-refractivity contribution < 1.29 is 14.3 Å². The lowest BCUT2D eigenvalue weighted by molar-refractivity contribution is -0.119. The summed E-state index contributed by atoms with van der Waals surface area (Å²) in [5.41, 5.74) is 4.73. The van der Waals surface area contributed by atoms with Gasteiger partial charge >= 0.3 is 6.09 Å². The molecule has 1 aliphatic heterocycles. The minimum absolute atomic E-state index is 0.123. The molecule has 1 atom stereocenters. The highest BCUT2D eigenvalue weighted by molar-refractivity contribution is 5.74. The van der Waals surface area contributed by atoms with Crippen molar-refractivity contribution in [2.24, 2.45) is 5.73 Å². The Morgan fingerprint density at radius 2 is 1.74 bits per heavy atom. The number of hydrogen-bond donors (Lipinski definition) is 1. The Hall–Kier alpha value is -1.30. The highest BCUT2D eigenvalue weighted by Crippen LogP contribution is 2.13. The van der Waals surface area contributed by atoms with Crippen molar-refractivity contribution in [1.29, 1.82) is 0 Å². The summed E-state index contributed by atoms with van der Waals surface area (Å²) >= 11 is 0. The molecule has 6 nitrogen and oxygen atoms in total. The maximum atomic E-state index is 11.9. The van der Waals surface area contributed by atoms with E-state index >= 15 is 0 Å². The second-order valence-corrected chi connectivity index (χ2v) is 6.02. The average Bonchev–Trinajstić information content (AvgIpc) is 2.26. The smallest absolute Gasteiger partial charge is 0.410 e. The second kappa shape index (κ2) is 6.23. The number of rotatable bonds is 3. The van der Waals surface area contributed by atoms with E-state index in [0.717, 1.165) is 13.1 Å². The third-order valence-electron chi connectivity index (χ3n) is 3.09. The van der Waals surface area contributed by atoms with Crippen molar-refractivity contribution in [3.8, 4) is 0 Å². The first-order chi connectivity index (χ1) is 8.69. The standard InChI is InChI=1S/C13H25N3O3/c1-10(9-11(14)17)15-5-7-16(8-6-15)12(18)19-13(2,3)4/h10H,5-9H2,1-4H3,(H2,14,17). The molecule has 0 spiro atoms. The minimum Gasteiger partial charge on any atom is -0.444 e. The van der Waals surface area contributed by atoms with Gasteiger partial charge in [-0.15, -0.1) is 0 Å². The van der Waals surface area contributed by atoms with Crippen LogP contribution in [0, 0.1) is 0 Å². The fourth-order valence-corrected chi connectivity index (χ4v) is 2.09. The fraction of sp³-hybridized carbons (Fsp3) is 0.846. The van der Waals surface area contributed by atoms with Gasteiger partial charge in [0.25, 0.3) is 0 Å². The van der Waals surface area contributed by atoms with Gasteiger partial charge in [0.1, 0.15) is 5.60 Å². The lowest BCUT2D eigenvalue weighted by Gasteiger charge is -2.38. The topological polar surface area (TPSA) is 75.9 Å². The number of carbonyl (C=O) groups is 2. The van der Waals surface area contributed by atoms with Crippen LogP contribution in [0.25, 0.3) is 0 Å². The van der Waals surface area contributed by atoms with E-state index in [4.69, 9.17) is 10.5 Å². The molecule has 1 fully saturated rings. The molecule has 0 radical (unpaired) electrons. The zero-order valence-electron chi connectivity index (χ0n) is 12.3. The van der Waals surface area contributed by atoms with Crippen LogP contribution >= 0.6 is 0 Å². The Morgan fingerprint density at radius 3 is 2.16 bits per heavy atom. The summed E-state index contributed by atoms with van der Waals surface area (Å²) in [5.74, 6) is -0.290. The van der Waals surface area contributed by atoms with Crippen molar-refractivity contribution >= 4 is 12.0 Å². The number of piperazine rings is 1. The molecule has 0 bridgehead atoms. The Labute approximate surface area is 114 Å². The zero-order chi connectivity index (χ0) is 14.6. The predicted octanol–water partition coefficient (Wildman–Crippen LogP) is 0.803. The fourth-order valence-electron chi connectivity index (χ4n) is 2.09. The monoisotopic (exact) mass is 271 g/mol. The van der Waals surface area contributed by atoms with E-state index in [2.05, 4.69) is 4.90 Å². The van der Waals surface area contributed by atoms with Gasteiger partial charge in [-0.2, -0.15) is 0 Å². The summed E-state index contributed by atoms with van der Waals surface area (Å²) in [7, 11) is 0. The summed E-state index contributed by atoms with van der Waals surface area (Å²) in [4.78, 5) is 26.7. The van der Waals surface area contributed by atoms with Crippen molar-refractivity contribution in [2.75, 3.05) is 26.2 Å². The molecule has 1 aliphatic rings. The number of nitrogens with two attached hydrogens (primary N) is 1. The summed E-state index contributed by atoms with van der Waals surface area (Å²) in [6.45, 7) is 10.3. The zero-order valence-corrected chi connectivity index (χ0v) is 12.3. The summed E-state index contributed by atoms with van der Waals surface area (Å²) in [5, 5.41) is 0. The van der Waals surface area contributed by atoms with Crippen molar-refractivity contribution in [3.63, 3.8) is 0 Å². The van der Waals surface area contributed by atoms with Crippen LogP contribution in [0.4, 0.5) is 4.79 Å². The molecule has 2 amide bonds. The second-order valence-electron chi connectivity index (χ2n) is 6.02. The third-order valence-corrected chi connectivity index (χ3v) is 3.09. The largest absolute Gasteiger partial charge is 0.444 e. The third kappa shape index (κ3) is 5.46. The molecule has 19 heavy (non-hydrogen) atoms. The Morgan fingerprint density at radius 1 is 1.21 bits per heavy atom. The van der Waals surface area contributed by atoms with E-state index in [1.165, 1.54) is 0 Å². The van der Waals surface area contributed by atoms with Gasteiger partial charge < -0.3 is 15.4 Å². The lowest BCUT2D eigenvalue weighted by Crippen LogP contribution is -2.52. The lowest BCUT2D eigenvalue weighted by atomic mass is 10.1. The quantitative estimate of drug-likeness (QED) is 0.824. The molecular weight excluding hydrogens is 246 g/mol. The number of amides is 2. The first-order valence-corrected chi connectivity index (χ1v) is 6.69. The van der Waals surface area contributed by atoms with Crippen LogP contribution in [0.1, 0.15) is 34.1 Å². The molecule has 0 saturated carbocycles. The van der Waals surface area contributed by atoms with Crippen molar-refractivity contribution in [2.45, 2.75) is 45.8 Å². The van der Waals surface area contributed by atoms with E-state index in [1.54, 1.807) is 4.90 Å². The van der Waals surface area contributed by atoms with Crippen LogP contribution in [0.3, 0.4) is 0 Å². The first-order valence-electron chi connectivity index (χ1n) is 6.69. The number of ether oxygens (including phenoxy) is 1. The maximum absolute atomic E-state index is 11.9. The Balaban J connectivity index is 2.40. The molecule has 0 aromatic heterocycles. The van der Waals surface area contributed by atoms with E-state index in [9.17, 15) is 9.59 Å². The maximum Gasteiger partial charge on any atom is 0.410 e. The molecule has 0 aromatic carbocycles. The number of hydrogen-bond acceptors (Lipinski definition) is 4. The molecule has 0 aliphatic carbocycles. The molecule has 6 heteroatoms. The average molecular weight is 271 g/mol. The molecule has 0 aromatic rings.